The summed E-state index contributed by atoms with van der Waals surface area (Å²) in [5, 5.41) is 0. The minimum atomic E-state index is -0.0366. The number of anilines is 9. The van der Waals surface area contributed by atoms with Crippen molar-refractivity contribution in [3.05, 3.63) is 228 Å². The first-order valence-electron chi connectivity index (χ1n) is 25.5. The Bertz CT molecular complexity index is 3480. The molecule has 0 spiro atoms. The van der Waals surface area contributed by atoms with Crippen molar-refractivity contribution in [3.63, 3.8) is 0 Å². The van der Waals surface area contributed by atoms with Gasteiger partial charge in [0.15, 0.2) is 0 Å². The van der Waals surface area contributed by atoms with Crippen molar-refractivity contribution in [2.24, 2.45) is 0 Å². The predicted octanol–water partition coefficient (Wildman–Crippen LogP) is 16.4. The molecule has 3 aliphatic rings. The van der Waals surface area contributed by atoms with Crippen LogP contribution in [-0.4, -0.2) is 6.71 Å². The van der Waals surface area contributed by atoms with E-state index < -0.39 is 0 Å². The first-order chi connectivity index (χ1) is 34.2. The molecular formula is C67H62BN3. The van der Waals surface area contributed by atoms with Gasteiger partial charge >= 0.3 is 0 Å². The van der Waals surface area contributed by atoms with Gasteiger partial charge in [0.05, 0.1) is 5.69 Å². The molecule has 348 valence electrons. The van der Waals surface area contributed by atoms with Crippen LogP contribution in [0.2, 0.25) is 0 Å². The number of hydrogen-bond acceptors (Lipinski definition) is 3. The summed E-state index contributed by atoms with van der Waals surface area (Å²) < 4.78 is 0. The van der Waals surface area contributed by atoms with E-state index in [4.69, 9.17) is 0 Å². The molecule has 12 rings (SSSR count). The Morgan fingerprint density at radius 1 is 0.437 bits per heavy atom. The van der Waals surface area contributed by atoms with Gasteiger partial charge in [-0.3, -0.25) is 0 Å². The Hall–Kier alpha value is -7.56. The molecule has 3 nitrogen and oxygen atoms in total. The normalized spacial score (nSPS) is 14.9. The summed E-state index contributed by atoms with van der Waals surface area (Å²) in [5.41, 5.74) is 26.2. The van der Waals surface area contributed by atoms with E-state index in [1.165, 1.54) is 101 Å². The molecule has 1 aliphatic carbocycles. The van der Waals surface area contributed by atoms with Crippen LogP contribution in [0.5, 0.6) is 0 Å². The van der Waals surface area contributed by atoms with Crippen molar-refractivity contribution >= 4 is 74.3 Å². The SMILES string of the molecule is Cc1cc2c3c(c1)N(c1ccc(C(C)(C)C)cc1-c1ccccc1)c1cc4c(cc1B3c1ccc(N(c3ccccc3)c3ccccc3)cc1N2c1cc(-c2ccccc2)ccc1C)C(C)(C)CC4(C)C. The topological polar surface area (TPSA) is 9.72 Å². The van der Waals surface area contributed by atoms with Gasteiger partial charge < -0.3 is 14.7 Å². The standard InChI is InChI=1S/C67H62BN3/c1-44-36-62-64-63(37-44)71(59-38-48(31-30-45(59)2)46-22-14-10-15-23-46)60-40-52(69(50-26-18-12-19-27-50)51-28-20-13-21-29-51)33-34-56(60)68(64)57-41-54-55(67(8,9)43-66(54,6)7)42-61(57)70(62)58-35-32-49(65(3,4)5)39-53(58)47-24-16-11-17-25-47/h10-42H,43H2,1-9H3. The van der Waals surface area contributed by atoms with Gasteiger partial charge in [-0.25, -0.2) is 0 Å². The number of fused-ring (bicyclic) bond motifs is 5. The first-order valence-corrected chi connectivity index (χ1v) is 25.5. The number of aryl methyl sites for hydroxylation is 2. The monoisotopic (exact) mass is 920 g/mol. The van der Waals surface area contributed by atoms with Gasteiger partial charge in [0.25, 0.3) is 6.71 Å². The van der Waals surface area contributed by atoms with Gasteiger partial charge in [-0.2, -0.15) is 0 Å². The highest BCUT2D eigenvalue weighted by Gasteiger charge is 2.48. The third-order valence-electron chi connectivity index (χ3n) is 15.7. The number of hydrogen-bond donors (Lipinski definition) is 0. The van der Waals surface area contributed by atoms with Crippen LogP contribution in [-0.2, 0) is 16.2 Å². The van der Waals surface area contributed by atoms with Crippen LogP contribution in [0.4, 0.5) is 51.2 Å². The summed E-state index contributed by atoms with van der Waals surface area (Å²) in [6.45, 7) is 21.3. The highest BCUT2D eigenvalue weighted by molar-refractivity contribution is 7.00. The number of para-hydroxylation sites is 2. The van der Waals surface area contributed by atoms with Crippen molar-refractivity contribution in [2.75, 3.05) is 14.7 Å². The number of benzene rings is 9. The van der Waals surface area contributed by atoms with Crippen LogP contribution in [0, 0.1) is 13.8 Å². The minimum Gasteiger partial charge on any atom is -0.311 e. The van der Waals surface area contributed by atoms with Crippen molar-refractivity contribution in [3.8, 4) is 22.3 Å². The Morgan fingerprint density at radius 3 is 1.59 bits per heavy atom. The molecule has 0 fully saturated rings. The van der Waals surface area contributed by atoms with E-state index in [1.807, 2.05) is 0 Å². The van der Waals surface area contributed by atoms with Gasteiger partial charge in [0.1, 0.15) is 0 Å². The summed E-state index contributed by atoms with van der Waals surface area (Å²) >= 11 is 0. The predicted molar refractivity (Wildman–Crippen MR) is 305 cm³/mol. The quantitative estimate of drug-likeness (QED) is 0.148. The number of nitrogens with zero attached hydrogens (tertiary/aromatic N) is 3. The lowest BCUT2D eigenvalue weighted by atomic mass is 9.33. The molecule has 2 aliphatic heterocycles. The van der Waals surface area contributed by atoms with E-state index in [0.29, 0.717) is 0 Å². The van der Waals surface area contributed by atoms with Crippen molar-refractivity contribution in [1.82, 2.24) is 0 Å². The molecule has 0 saturated heterocycles. The molecule has 2 heterocycles. The maximum absolute atomic E-state index is 2.66. The van der Waals surface area contributed by atoms with Gasteiger partial charge in [-0.05, 0) is 170 Å². The summed E-state index contributed by atoms with van der Waals surface area (Å²) in [6.07, 6.45) is 1.09. The molecule has 4 heteroatoms. The Labute approximate surface area is 422 Å². The van der Waals surface area contributed by atoms with Gasteiger partial charge in [0, 0.05) is 51.1 Å². The smallest absolute Gasteiger partial charge is 0.252 e. The zero-order valence-electron chi connectivity index (χ0n) is 42.7. The average molecular weight is 920 g/mol. The summed E-state index contributed by atoms with van der Waals surface area (Å²) in [7, 11) is 0. The third kappa shape index (κ3) is 7.41. The lowest BCUT2D eigenvalue weighted by molar-refractivity contribution is 0.403. The van der Waals surface area contributed by atoms with E-state index in [9.17, 15) is 0 Å². The fourth-order valence-corrected chi connectivity index (χ4v) is 12.5. The van der Waals surface area contributed by atoms with Crippen molar-refractivity contribution < 1.29 is 0 Å². The first kappa shape index (κ1) is 44.6. The van der Waals surface area contributed by atoms with Crippen LogP contribution >= 0.6 is 0 Å². The van der Waals surface area contributed by atoms with Gasteiger partial charge in [-0.1, -0.05) is 176 Å². The molecule has 9 aromatic rings. The largest absolute Gasteiger partial charge is 0.311 e. The van der Waals surface area contributed by atoms with E-state index in [2.05, 4.69) is 277 Å². The van der Waals surface area contributed by atoms with Crippen molar-refractivity contribution in [2.45, 2.75) is 85.0 Å². The highest BCUT2D eigenvalue weighted by atomic mass is 15.2. The van der Waals surface area contributed by atoms with Crippen molar-refractivity contribution in [1.29, 1.82) is 0 Å². The van der Waals surface area contributed by atoms with Crippen LogP contribution < -0.4 is 31.1 Å². The maximum atomic E-state index is 2.66. The fraction of sp³-hybridized carbons (Fsp3) is 0.194. The maximum Gasteiger partial charge on any atom is 0.252 e. The second-order valence-corrected chi connectivity index (χ2v) is 22.7. The second kappa shape index (κ2) is 16.5. The minimum absolute atomic E-state index is 0.00569. The molecule has 0 aromatic heterocycles. The van der Waals surface area contributed by atoms with E-state index in [1.54, 1.807) is 0 Å². The van der Waals surface area contributed by atoms with E-state index in [-0.39, 0.29) is 23.0 Å². The van der Waals surface area contributed by atoms with Crippen LogP contribution in [0.3, 0.4) is 0 Å². The molecule has 0 N–H and O–H groups in total. The molecule has 71 heavy (non-hydrogen) atoms. The molecular weight excluding hydrogens is 858 g/mol. The highest BCUT2D eigenvalue weighted by Crippen LogP contribution is 2.54. The van der Waals surface area contributed by atoms with E-state index in [0.717, 1.165) is 23.5 Å². The molecule has 9 aromatic carbocycles. The van der Waals surface area contributed by atoms with Gasteiger partial charge in [-0.15, -0.1) is 0 Å². The molecule has 0 saturated carbocycles. The molecule has 0 bridgehead atoms. The Morgan fingerprint density at radius 2 is 0.986 bits per heavy atom. The molecule has 0 amide bonds. The second-order valence-electron chi connectivity index (χ2n) is 22.7. The summed E-state index contributed by atoms with van der Waals surface area (Å²) in [6, 6.07) is 75.3. The third-order valence-corrected chi connectivity index (χ3v) is 15.7. The Balaban J connectivity index is 1.19. The average Bonchev–Trinajstić information content (AvgIpc) is 3.55. The lowest BCUT2D eigenvalue weighted by Gasteiger charge is -2.46. The van der Waals surface area contributed by atoms with Crippen LogP contribution in [0.15, 0.2) is 200 Å². The van der Waals surface area contributed by atoms with Crippen LogP contribution in [0.1, 0.15) is 82.7 Å². The zero-order valence-corrected chi connectivity index (χ0v) is 42.7. The number of rotatable bonds is 7. The molecule has 0 unspecified atom stereocenters. The Kier molecular flexibility index (Phi) is 10.4. The summed E-state index contributed by atoms with van der Waals surface area (Å²) in [4.78, 5) is 7.68. The fourth-order valence-electron chi connectivity index (χ4n) is 12.5. The molecule has 0 radical (unpaired) electrons. The molecule has 0 atom stereocenters. The van der Waals surface area contributed by atoms with E-state index >= 15 is 0 Å². The lowest BCUT2D eigenvalue weighted by Crippen LogP contribution is -2.61. The van der Waals surface area contributed by atoms with Crippen LogP contribution in [0.25, 0.3) is 22.3 Å². The van der Waals surface area contributed by atoms with Gasteiger partial charge in [0.2, 0.25) is 0 Å². The summed E-state index contributed by atoms with van der Waals surface area (Å²) in [5.74, 6) is 0. The zero-order chi connectivity index (χ0) is 49.0.